The van der Waals surface area contributed by atoms with Crippen LogP contribution in [0.1, 0.15) is 89.7 Å². The first kappa shape index (κ1) is 25.7. The van der Waals surface area contributed by atoms with E-state index >= 15 is 0 Å². The fourth-order valence-electron chi connectivity index (χ4n) is 4.63. The van der Waals surface area contributed by atoms with Crippen LogP contribution in [0.4, 0.5) is 0 Å². The molecule has 1 heterocycles. The predicted molar refractivity (Wildman–Crippen MR) is 146 cm³/mol. The maximum atomic E-state index is 11.4. The standard InChI is InChI=1S/C28H40BrNOS/c1-3-5-7-9-11-16-30(17-12-10-8-6-4-2)21-27(31)26-19-22-13-14-23(29)20-25(22)28-24(26)15-18-32-28/h13-15,18-20,27,31H,3-12,16-17,21H2,1-2H3. The Hall–Kier alpha value is -0.940. The summed E-state index contributed by atoms with van der Waals surface area (Å²) in [6.07, 6.45) is 12.5. The third-order valence-electron chi connectivity index (χ3n) is 6.49. The normalized spacial score (nSPS) is 12.9. The maximum absolute atomic E-state index is 11.4. The summed E-state index contributed by atoms with van der Waals surface area (Å²) in [6.45, 7) is 7.47. The maximum Gasteiger partial charge on any atom is 0.0923 e. The minimum Gasteiger partial charge on any atom is -0.387 e. The van der Waals surface area contributed by atoms with Crippen molar-refractivity contribution in [2.75, 3.05) is 19.6 Å². The van der Waals surface area contributed by atoms with Gasteiger partial charge in [-0.3, -0.25) is 0 Å². The molecule has 0 aliphatic carbocycles. The van der Waals surface area contributed by atoms with Gasteiger partial charge in [0.2, 0.25) is 0 Å². The van der Waals surface area contributed by atoms with E-state index in [9.17, 15) is 5.11 Å². The van der Waals surface area contributed by atoms with Crippen LogP contribution in [0.2, 0.25) is 0 Å². The molecule has 0 spiro atoms. The summed E-state index contributed by atoms with van der Waals surface area (Å²) < 4.78 is 2.38. The molecule has 2 nitrogen and oxygen atoms in total. The molecule has 1 aromatic heterocycles. The Morgan fingerprint density at radius 3 is 2.16 bits per heavy atom. The van der Waals surface area contributed by atoms with E-state index < -0.39 is 6.10 Å². The molecule has 0 bridgehead atoms. The summed E-state index contributed by atoms with van der Waals surface area (Å²) in [7, 11) is 0. The molecule has 0 amide bonds. The van der Waals surface area contributed by atoms with Gasteiger partial charge in [-0.2, -0.15) is 0 Å². The number of nitrogens with zero attached hydrogens (tertiary/aromatic N) is 1. The second kappa shape index (κ2) is 13.7. The number of aliphatic hydroxyl groups excluding tert-OH is 1. The van der Waals surface area contributed by atoms with Gasteiger partial charge in [0.05, 0.1) is 6.10 Å². The number of aliphatic hydroxyl groups is 1. The highest BCUT2D eigenvalue weighted by molar-refractivity contribution is 9.10. The monoisotopic (exact) mass is 517 g/mol. The number of halogens is 1. The molecule has 1 unspecified atom stereocenters. The van der Waals surface area contributed by atoms with Crippen LogP contribution >= 0.6 is 27.3 Å². The number of unbranched alkanes of at least 4 members (excludes halogenated alkanes) is 8. The molecule has 0 saturated heterocycles. The summed E-state index contributed by atoms with van der Waals surface area (Å²) >= 11 is 5.39. The molecule has 3 rings (SSSR count). The zero-order valence-electron chi connectivity index (χ0n) is 19.9. The van der Waals surface area contributed by atoms with E-state index in [0.29, 0.717) is 0 Å². The van der Waals surface area contributed by atoms with Crippen LogP contribution in [-0.4, -0.2) is 29.6 Å². The second-order valence-corrected chi connectivity index (χ2v) is 11.0. The summed E-state index contributed by atoms with van der Waals surface area (Å²) in [6, 6.07) is 10.8. The average Bonchev–Trinajstić information content (AvgIpc) is 3.28. The number of benzene rings is 2. The van der Waals surface area contributed by atoms with Crippen molar-refractivity contribution >= 4 is 48.1 Å². The summed E-state index contributed by atoms with van der Waals surface area (Å²) in [4.78, 5) is 2.52. The second-order valence-electron chi connectivity index (χ2n) is 9.14. The van der Waals surface area contributed by atoms with Crippen molar-refractivity contribution in [3.05, 3.63) is 45.7 Å². The molecule has 32 heavy (non-hydrogen) atoms. The summed E-state index contributed by atoms with van der Waals surface area (Å²) in [5, 5.41) is 17.2. The van der Waals surface area contributed by atoms with E-state index in [2.05, 4.69) is 70.4 Å². The highest BCUT2D eigenvalue weighted by atomic mass is 79.9. The molecule has 2 aromatic carbocycles. The first-order chi connectivity index (χ1) is 15.6. The smallest absolute Gasteiger partial charge is 0.0923 e. The van der Waals surface area contributed by atoms with Gasteiger partial charge in [0.1, 0.15) is 0 Å². The van der Waals surface area contributed by atoms with Crippen molar-refractivity contribution in [2.45, 2.75) is 84.2 Å². The lowest BCUT2D eigenvalue weighted by Crippen LogP contribution is -2.31. The van der Waals surface area contributed by atoms with Crippen LogP contribution in [-0.2, 0) is 0 Å². The molecule has 4 heteroatoms. The Labute approximate surface area is 207 Å². The molecule has 0 aliphatic heterocycles. The molecule has 1 N–H and O–H groups in total. The van der Waals surface area contributed by atoms with Crippen LogP contribution in [0.15, 0.2) is 40.2 Å². The molecular weight excluding hydrogens is 478 g/mol. The third kappa shape index (κ3) is 7.28. The van der Waals surface area contributed by atoms with Gasteiger partial charge in [-0.1, -0.05) is 87.2 Å². The van der Waals surface area contributed by atoms with Crippen molar-refractivity contribution < 1.29 is 5.11 Å². The van der Waals surface area contributed by atoms with E-state index in [1.165, 1.54) is 85.1 Å². The lowest BCUT2D eigenvalue weighted by Gasteiger charge is -2.26. The minimum atomic E-state index is -0.452. The number of thiophene rings is 1. The predicted octanol–water partition coefficient (Wildman–Crippen LogP) is 9.09. The number of hydrogen-bond donors (Lipinski definition) is 1. The Morgan fingerprint density at radius 1 is 0.844 bits per heavy atom. The van der Waals surface area contributed by atoms with Gasteiger partial charge < -0.3 is 10.0 Å². The first-order valence-electron chi connectivity index (χ1n) is 12.6. The van der Waals surface area contributed by atoms with E-state index in [1.807, 2.05) is 0 Å². The summed E-state index contributed by atoms with van der Waals surface area (Å²) in [5.74, 6) is 0. The van der Waals surface area contributed by atoms with Crippen molar-refractivity contribution in [1.82, 2.24) is 4.90 Å². The van der Waals surface area contributed by atoms with E-state index in [-0.39, 0.29) is 0 Å². The topological polar surface area (TPSA) is 23.5 Å². The molecule has 0 radical (unpaired) electrons. The highest BCUT2D eigenvalue weighted by Gasteiger charge is 2.18. The first-order valence-corrected chi connectivity index (χ1v) is 14.3. The lowest BCUT2D eigenvalue weighted by atomic mass is 9.99. The summed E-state index contributed by atoms with van der Waals surface area (Å²) in [5.41, 5.74) is 1.08. The van der Waals surface area contributed by atoms with Gasteiger partial charge in [0.25, 0.3) is 0 Å². The van der Waals surface area contributed by atoms with Crippen LogP contribution in [0, 0.1) is 0 Å². The fraction of sp³-hybridized carbons (Fsp3) is 0.571. The highest BCUT2D eigenvalue weighted by Crippen LogP contribution is 2.37. The zero-order chi connectivity index (χ0) is 22.8. The molecule has 0 saturated carbocycles. The van der Waals surface area contributed by atoms with Gasteiger partial charge in [0, 0.05) is 21.1 Å². The Morgan fingerprint density at radius 2 is 1.50 bits per heavy atom. The van der Waals surface area contributed by atoms with Gasteiger partial charge in [-0.05, 0) is 71.9 Å². The number of fused-ring (bicyclic) bond motifs is 3. The average molecular weight is 519 g/mol. The van der Waals surface area contributed by atoms with Crippen LogP contribution in [0.5, 0.6) is 0 Å². The lowest BCUT2D eigenvalue weighted by molar-refractivity contribution is 0.111. The quantitative estimate of drug-likeness (QED) is 0.203. The molecule has 0 fully saturated rings. The minimum absolute atomic E-state index is 0.452. The van der Waals surface area contributed by atoms with Gasteiger partial charge in [-0.15, -0.1) is 11.3 Å². The van der Waals surface area contributed by atoms with E-state index in [1.54, 1.807) is 11.3 Å². The number of hydrogen-bond acceptors (Lipinski definition) is 3. The number of rotatable bonds is 15. The Balaban J connectivity index is 1.71. The van der Waals surface area contributed by atoms with Crippen molar-refractivity contribution in [3.8, 4) is 0 Å². The Bertz CT molecular complexity index is 939. The van der Waals surface area contributed by atoms with E-state index in [0.717, 1.165) is 29.7 Å². The largest absolute Gasteiger partial charge is 0.387 e. The van der Waals surface area contributed by atoms with Crippen LogP contribution < -0.4 is 0 Å². The molecule has 1 atom stereocenters. The fourth-order valence-corrected chi connectivity index (χ4v) is 5.95. The molecule has 176 valence electrons. The van der Waals surface area contributed by atoms with E-state index in [4.69, 9.17) is 0 Å². The van der Waals surface area contributed by atoms with Crippen molar-refractivity contribution in [2.24, 2.45) is 0 Å². The molecule has 3 aromatic rings. The van der Waals surface area contributed by atoms with Crippen molar-refractivity contribution in [1.29, 1.82) is 0 Å². The zero-order valence-corrected chi connectivity index (χ0v) is 22.3. The van der Waals surface area contributed by atoms with Crippen LogP contribution in [0.3, 0.4) is 0 Å². The van der Waals surface area contributed by atoms with Gasteiger partial charge in [0.15, 0.2) is 0 Å². The van der Waals surface area contributed by atoms with Gasteiger partial charge in [-0.25, -0.2) is 0 Å². The van der Waals surface area contributed by atoms with Crippen LogP contribution in [0.25, 0.3) is 20.9 Å². The SMILES string of the molecule is CCCCCCCN(CCCCCCC)CC(O)c1cc2ccc(Br)cc2c2sccc12. The molecule has 0 aliphatic rings. The third-order valence-corrected chi connectivity index (χ3v) is 7.93. The molecular formula is C28H40BrNOS. The van der Waals surface area contributed by atoms with Crippen molar-refractivity contribution in [3.63, 3.8) is 0 Å². The van der Waals surface area contributed by atoms with Gasteiger partial charge >= 0.3 is 0 Å². The Kier molecular flexibility index (Phi) is 11.0.